The van der Waals surface area contributed by atoms with Crippen LogP contribution < -0.4 is 10.4 Å². The first-order valence-electron chi connectivity index (χ1n) is 6.39. The molecule has 21 heavy (non-hydrogen) atoms. The molecule has 0 spiro atoms. The van der Waals surface area contributed by atoms with Crippen molar-refractivity contribution in [3.63, 3.8) is 0 Å². The van der Waals surface area contributed by atoms with Crippen molar-refractivity contribution in [1.29, 1.82) is 0 Å². The van der Waals surface area contributed by atoms with E-state index in [4.69, 9.17) is 4.74 Å². The first-order chi connectivity index (χ1) is 10.2. The van der Waals surface area contributed by atoms with Gasteiger partial charge in [0.05, 0.1) is 18.5 Å². The van der Waals surface area contributed by atoms with Gasteiger partial charge in [0.2, 0.25) is 0 Å². The Morgan fingerprint density at radius 2 is 1.90 bits per heavy atom. The predicted molar refractivity (Wildman–Crippen MR) is 86.1 cm³/mol. The highest BCUT2D eigenvalue weighted by Crippen LogP contribution is 2.21. The lowest BCUT2D eigenvalue weighted by atomic mass is 10.1. The second-order valence-corrected chi connectivity index (χ2v) is 5.47. The predicted octanol–water partition coefficient (Wildman–Crippen LogP) is 3.60. The molecular formula is C16H13BrN2O2. The smallest absolute Gasteiger partial charge is 0.330 e. The Morgan fingerprint density at radius 1 is 1.14 bits per heavy atom. The summed E-state index contributed by atoms with van der Waals surface area (Å²) in [5.41, 5.74) is 2.34. The lowest BCUT2D eigenvalue weighted by molar-refractivity contribution is 0.415. The van der Waals surface area contributed by atoms with Gasteiger partial charge >= 0.3 is 5.69 Å². The van der Waals surface area contributed by atoms with E-state index in [1.807, 2.05) is 48.5 Å². The summed E-state index contributed by atoms with van der Waals surface area (Å²) in [5, 5.41) is 0. The van der Waals surface area contributed by atoms with Gasteiger partial charge in [0.15, 0.2) is 0 Å². The molecule has 0 aliphatic rings. The first kappa shape index (κ1) is 13.7. The van der Waals surface area contributed by atoms with Gasteiger partial charge in [-0.2, -0.15) is 0 Å². The van der Waals surface area contributed by atoms with Crippen LogP contribution in [0.5, 0.6) is 5.75 Å². The van der Waals surface area contributed by atoms with Crippen LogP contribution in [-0.2, 0) is 0 Å². The van der Waals surface area contributed by atoms with Crippen molar-refractivity contribution < 1.29 is 4.74 Å². The fourth-order valence-corrected chi connectivity index (χ4v) is 2.52. The zero-order valence-electron chi connectivity index (χ0n) is 11.3. The second-order valence-electron chi connectivity index (χ2n) is 4.55. The van der Waals surface area contributed by atoms with Crippen molar-refractivity contribution in [2.45, 2.75) is 0 Å². The van der Waals surface area contributed by atoms with Crippen molar-refractivity contribution in [2.75, 3.05) is 7.11 Å². The van der Waals surface area contributed by atoms with Crippen LogP contribution in [0, 0.1) is 0 Å². The Balaban J connectivity index is 2.03. The lowest BCUT2D eigenvalue weighted by Crippen LogP contribution is -2.13. The third-order valence-electron chi connectivity index (χ3n) is 3.21. The summed E-state index contributed by atoms with van der Waals surface area (Å²) in [6.45, 7) is 0. The largest absolute Gasteiger partial charge is 0.497 e. The van der Waals surface area contributed by atoms with E-state index in [-0.39, 0.29) is 5.69 Å². The van der Waals surface area contributed by atoms with Crippen molar-refractivity contribution in [1.82, 2.24) is 9.55 Å². The number of aromatic nitrogens is 2. The maximum absolute atomic E-state index is 12.1. The van der Waals surface area contributed by atoms with Gasteiger partial charge in [-0.15, -0.1) is 0 Å². The normalized spacial score (nSPS) is 10.6. The number of benzene rings is 2. The molecule has 0 fully saturated rings. The monoisotopic (exact) mass is 344 g/mol. The standard InChI is InChI=1S/C16H13BrN2O2/c1-21-14-7-5-11(6-8-14)15-10-19(16(20)18-15)13-4-2-3-12(17)9-13/h2-10H,1H3,(H,18,20). The highest BCUT2D eigenvalue weighted by atomic mass is 79.9. The summed E-state index contributed by atoms with van der Waals surface area (Å²) in [7, 11) is 1.63. The number of halogens is 1. The van der Waals surface area contributed by atoms with Crippen molar-refractivity contribution in [2.24, 2.45) is 0 Å². The number of ether oxygens (including phenoxy) is 1. The van der Waals surface area contributed by atoms with E-state index in [0.29, 0.717) is 0 Å². The Morgan fingerprint density at radius 3 is 2.57 bits per heavy atom. The van der Waals surface area contributed by atoms with Gasteiger partial charge in [-0.25, -0.2) is 4.79 Å². The molecule has 0 radical (unpaired) electrons. The van der Waals surface area contributed by atoms with Crippen LogP contribution in [0.2, 0.25) is 0 Å². The number of hydrogen-bond acceptors (Lipinski definition) is 2. The van der Waals surface area contributed by atoms with Crippen molar-refractivity contribution in [3.05, 3.63) is 69.7 Å². The Kier molecular flexibility index (Phi) is 3.66. The molecule has 0 unspecified atom stereocenters. The number of aromatic amines is 1. The van der Waals surface area contributed by atoms with Crippen LogP contribution in [0.1, 0.15) is 0 Å². The molecule has 3 aromatic rings. The number of methoxy groups -OCH3 is 1. The van der Waals surface area contributed by atoms with Crippen molar-refractivity contribution >= 4 is 15.9 Å². The van der Waals surface area contributed by atoms with Crippen LogP contribution in [0.25, 0.3) is 16.9 Å². The molecule has 0 atom stereocenters. The van der Waals surface area contributed by atoms with E-state index in [1.165, 1.54) is 0 Å². The van der Waals surface area contributed by atoms with Crippen LogP contribution in [0.3, 0.4) is 0 Å². The van der Waals surface area contributed by atoms with Gasteiger partial charge in [-0.3, -0.25) is 4.57 Å². The Labute approximate surface area is 130 Å². The van der Waals surface area contributed by atoms with Gasteiger partial charge in [-0.05, 0) is 48.0 Å². The Hall–Kier alpha value is -2.27. The number of rotatable bonds is 3. The zero-order valence-corrected chi connectivity index (χ0v) is 12.9. The van der Waals surface area contributed by atoms with Gasteiger partial charge in [0.1, 0.15) is 5.75 Å². The van der Waals surface area contributed by atoms with E-state index in [1.54, 1.807) is 17.9 Å². The number of nitrogens with one attached hydrogen (secondary N) is 1. The minimum atomic E-state index is -0.168. The van der Waals surface area contributed by atoms with Crippen LogP contribution in [0.15, 0.2) is 64.0 Å². The molecule has 0 aliphatic heterocycles. The maximum atomic E-state index is 12.1. The zero-order chi connectivity index (χ0) is 14.8. The van der Waals surface area contributed by atoms with Crippen LogP contribution in [0.4, 0.5) is 0 Å². The fraction of sp³-hybridized carbons (Fsp3) is 0.0625. The number of hydrogen-bond donors (Lipinski definition) is 1. The topological polar surface area (TPSA) is 47.0 Å². The molecule has 0 saturated heterocycles. The molecule has 5 heteroatoms. The summed E-state index contributed by atoms with van der Waals surface area (Å²) in [5.74, 6) is 0.785. The molecular weight excluding hydrogens is 332 g/mol. The van der Waals surface area contributed by atoms with Gasteiger partial charge in [0.25, 0.3) is 0 Å². The molecule has 4 nitrogen and oxygen atoms in total. The minimum Gasteiger partial charge on any atom is -0.497 e. The summed E-state index contributed by atoms with van der Waals surface area (Å²) >= 11 is 3.41. The van der Waals surface area contributed by atoms with Crippen molar-refractivity contribution in [3.8, 4) is 22.7 Å². The van der Waals surface area contributed by atoms with Gasteiger partial charge in [-0.1, -0.05) is 22.0 Å². The molecule has 1 N–H and O–H groups in total. The Bertz CT molecular complexity index is 819. The summed E-state index contributed by atoms with van der Waals surface area (Å²) in [6.07, 6.45) is 1.80. The van der Waals surface area contributed by atoms with E-state index in [0.717, 1.165) is 27.2 Å². The summed E-state index contributed by atoms with van der Waals surface area (Å²) < 4.78 is 7.65. The molecule has 2 aromatic carbocycles. The van der Waals surface area contributed by atoms with Gasteiger partial charge < -0.3 is 9.72 Å². The molecule has 0 saturated carbocycles. The first-order valence-corrected chi connectivity index (χ1v) is 7.19. The second kappa shape index (κ2) is 5.61. The van der Waals surface area contributed by atoms with Crippen LogP contribution >= 0.6 is 15.9 Å². The average Bonchev–Trinajstić information content (AvgIpc) is 2.89. The fourth-order valence-electron chi connectivity index (χ4n) is 2.13. The molecule has 0 amide bonds. The quantitative estimate of drug-likeness (QED) is 0.788. The third-order valence-corrected chi connectivity index (χ3v) is 3.70. The SMILES string of the molecule is COc1ccc(-c2cn(-c3cccc(Br)c3)c(=O)[nH]2)cc1. The van der Waals surface area contributed by atoms with E-state index in [2.05, 4.69) is 20.9 Å². The molecule has 3 rings (SSSR count). The molecule has 1 aromatic heterocycles. The number of nitrogens with zero attached hydrogens (tertiary/aromatic N) is 1. The van der Waals surface area contributed by atoms with E-state index >= 15 is 0 Å². The molecule has 0 bridgehead atoms. The average molecular weight is 345 g/mol. The molecule has 1 heterocycles. The van der Waals surface area contributed by atoms with E-state index in [9.17, 15) is 4.79 Å². The molecule has 0 aliphatic carbocycles. The maximum Gasteiger partial charge on any atom is 0.330 e. The third kappa shape index (κ3) is 2.78. The van der Waals surface area contributed by atoms with Crippen LogP contribution in [-0.4, -0.2) is 16.7 Å². The minimum absolute atomic E-state index is 0.168. The number of H-pyrrole nitrogens is 1. The van der Waals surface area contributed by atoms with Gasteiger partial charge in [0, 0.05) is 10.7 Å². The highest BCUT2D eigenvalue weighted by Gasteiger charge is 2.07. The lowest BCUT2D eigenvalue weighted by Gasteiger charge is -2.02. The highest BCUT2D eigenvalue weighted by molar-refractivity contribution is 9.10. The summed E-state index contributed by atoms with van der Waals surface area (Å²) in [4.78, 5) is 15.0. The summed E-state index contributed by atoms with van der Waals surface area (Å²) in [6, 6.07) is 15.2. The molecule has 106 valence electrons. The van der Waals surface area contributed by atoms with E-state index < -0.39 is 0 Å². The number of imidazole rings is 1.